The highest BCUT2D eigenvalue weighted by atomic mass is 16.5. The number of carbonyl (C=O) groups is 1. The van der Waals surface area contributed by atoms with Crippen LogP contribution in [0.1, 0.15) is 41.8 Å². The first kappa shape index (κ1) is 18.9. The second kappa shape index (κ2) is 7.33. The number of likely N-dealkylation sites (tertiary alicyclic amines) is 1. The molecule has 0 spiro atoms. The van der Waals surface area contributed by atoms with Gasteiger partial charge >= 0.3 is 0 Å². The summed E-state index contributed by atoms with van der Waals surface area (Å²) in [5.41, 5.74) is 3.02. The number of H-pyrrole nitrogens is 1. The third kappa shape index (κ3) is 3.29. The summed E-state index contributed by atoms with van der Waals surface area (Å²) in [6, 6.07) is 11.1. The lowest BCUT2D eigenvalue weighted by Gasteiger charge is -2.33. The van der Waals surface area contributed by atoms with E-state index in [0.717, 1.165) is 29.6 Å². The van der Waals surface area contributed by atoms with Gasteiger partial charge in [-0.3, -0.25) is 4.79 Å². The van der Waals surface area contributed by atoms with Crippen molar-refractivity contribution < 1.29 is 19.5 Å². The van der Waals surface area contributed by atoms with E-state index in [1.165, 1.54) is 17.4 Å². The Hall–Kier alpha value is -3.05. The van der Waals surface area contributed by atoms with Crippen molar-refractivity contribution in [3.63, 3.8) is 0 Å². The van der Waals surface area contributed by atoms with Gasteiger partial charge in [-0.05, 0) is 24.6 Å². The van der Waals surface area contributed by atoms with Crippen molar-refractivity contribution in [3.8, 4) is 11.5 Å². The van der Waals surface area contributed by atoms with E-state index in [1.807, 2.05) is 30.5 Å². The fourth-order valence-corrected chi connectivity index (χ4v) is 5.13. The maximum absolute atomic E-state index is 13.0. The quantitative estimate of drug-likeness (QED) is 0.662. The fourth-order valence-electron chi connectivity index (χ4n) is 5.13. The number of quaternary nitrogens is 1. The molecule has 0 radical (unpaired) electrons. The number of fused-ring (bicyclic) bond motifs is 2. The van der Waals surface area contributed by atoms with Gasteiger partial charge in [-0.2, -0.15) is 0 Å². The number of nitrogens with one attached hydrogen (secondary N) is 2. The van der Waals surface area contributed by atoms with Crippen molar-refractivity contribution in [1.82, 2.24) is 4.98 Å². The number of rotatable bonds is 3. The van der Waals surface area contributed by atoms with Crippen LogP contribution in [-0.2, 0) is 6.54 Å². The lowest BCUT2D eigenvalue weighted by atomic mass is 9.91. The van der Waals surface area contributed by atoms with Gasteiger partial charge in [-0.15, -0.1) is 0 Å². The first-order chi connectivity index (χ1) is 14.5. The number of piperidine rings is 1. The molecule has 154 valence electrons. The second-order valence-corrected chi connectivity index (χ2v) is 8.93. The molecule has 3 heterocycles. The van der Waals surface area contributed by atoms with E-state index in [9.17, 15) is 9.90 Å². The lowest BCUT2D eigenvalue weighted by molar-refractivity contribution is -0.925. The number of carbonyl (C=O) groups excluding carboxylic acids is 1. The molecule has 1 aromatic heterocycles. The average Bonchev–Trinajstić information content (AvgIpc) is 3.25. The SMILES string of the molecule is CC1CC(C)C[NH+](Cc2c([O-])ccc3c2OC(=Cc2c[nH]c4ccccc24)C3=O)C1. The number of para-hydroxylation sites is 1. The Morgan fingerprint density at radius 2 is 1.93 bits per heavy atom. The highest BCUT2D eigenvalue weighted by molar-refractivity contribution is 6.15. The number of allylic oxidation sites excluding steroid dienone is 1. The normalized spacial score (nSPS) is 24.9. The number of ketones is 1. The van der Waals surface area contributed by atoms with Crippen LogP contribution >= 0.6 is 0 Å². The summed E-state index contributed by atoms with van der Waals surface area (Å²) < 4.78 is 6.03. The molecule has 5 heteroatoms. The van der Waals surface area contributed by atoms with Crippen molar-refractivity contribution >= 4 is 22.8 Å². The van der Waals surface area contributed by atoms with Crippen LogP contribution < -0.4 is 14.7 Å². The summed E-state index contributed by atoms with van der Waals surface area (Å²) in [5, 5.41) is 13.7. The minimum Gasteiger partial charge on any atom is -0.872 e. The monoisotopic (exact) mass is 402 g/mol. The van der Waals surface area contributed by atoms with Gasteiger partial charge < -0.3 is 19.7 Å². The van der Waals surface area contributed by atoms with Crippen molar-refractivity contribution in [2.24, 2.45) is 11.8 Å². The molecule has 5 nitrogen and oxygen atoms in total. The maximum atomic E-state index is 13.0. The topological polar surface area (TPSA) is 69.6 Å². The molecule has 3 aromatic rings. The van der Waals surface area contributed by atoms with Crippen LogP contribution in [0, 0.1) is 11.8 Å². The molecule has 2 atom stereocenters. The van der Waals surface area contributed by atoms with E-state index in [-0.39, 0.29) is 17.3 Å². The smallest absolute Gasteiger partial charge is 0.231 e. The standard InChI is InChI=1S/C25H26N2O3/c1-15-9-16(2)13-27(12-15)14-20-22(28)8-7-19-24(29)23(30-25(19)20)10-17-11-26-21-6-4-3-5-18(17)21/h3-8,10-11,15-16,26,28H,9,12-14H2,1-2H3. The Balaban J connectivity index is 1.48. The molecule has 5 rings (SSSR count). The molecule has 2 N–H and O–H groups in total. The van der Waals surface area contributed by atoms with Gasteiger partial charge in [0.2, 0.25) is 5.78 Å². The zero-order chi connectivity index (χ0) is 20.8. The zero-order valence-corrected chi connectivity index (χ0v) is 17.3. The Labute approximate surface area is 176 Å². The van der Waals surface area contributed by atoms with Crippen LogP contribution in [0.3, 0.4) is 0 Å². The predicted molar refractivity (Wildman–Crippen MR) is 114 cm³/mol. The molecular weight excluding hydrogens is 376 g/mol. The van der Waals surface area contributed by atoms with Crippen LogP contribution in [0.4, 0.5) is 0 Å². The Kier molecular flexibility index (Phi) is 4.63. The Morgan fingerprint density at radius 1 is 1.17 bits per heavy atom. The third-order valence-electron chi connectivity index (χ3n) is 6.31. The molecule has 0 aliphatic carbocycles. The first-order valence-corrected chi connectivity index (χ1v) is 10.7. The van der Waals surface area contributed by atoms with E-state index in [2.05, 4.69) is 18.8 Å². The number of aromatic amines is 1. The van der Waals surface area contributed by atoms with Gasteiger partial charge in [-0.25, -0.2) is 0 Å². The molecule has 0 amide bonds. The summed E-state index contributed by atoms with van der Waals surface area (Å²) in [6.07, 6.45) is 4.87. The number of aromatic nitrogens is 1. The van der Waals surface area contributed by atoms with Crippen LogP contribution in [0.25, 0.3) is 17.0 Å². The molecule has 1 fully saturated rings. The number of ether oxygens (including phenoxy) is 1. The number of Topliss-reactive ketones (excluding diaryl/α,β-unsaturated/α-hetero) is 1. The molecule has 1 saturated heterocycles. The van der Waals surface area contributed by atoms with Gasteiger partial charge in [0.1, 0.15) is 12.3 Å². The number of benzene rings is 2. The largest absolute Gasteiger partial charge is 0.872 e. The van der Waals surface area contributed by atoms with E-state index >= 15 is 0 Å². The van der Waals surface area contributed by atoms with Gasteiger partial charge in [-0.1, -0.05) is 43.9 Å². The fraction of sp³-hybridized carbons (Fsp3) is 0.320. The molecule has 2 aliphatic rings. The maximum Gasteiger partial charge on any atom is 0.231 e. The molecule has 30 heavy (non-hydrogen) atoms. The molecule has 0 bridgehead atoms. The van der Waals surface area contributed by atoms with Crippen LogP contribution in [0.5, 0.6) is 11.5 Å². The number of hydrogen-bond donors (Lipinski definition) is 2. The van der Waals surface area contributed by atoms with Crippen molar-refractivity contribution in [1.29, 1.82) is 0 Å². The summed E-state index contributed by atoms with van der Waals surface area (Å²) >= 11 is 0. The van der Waals surface area contributed by atoms with Gasteiger partial charge in [0, 0.05) is 40.1 Å². The Bertz CT molecular complexity index is 1150. The highest BCUT2D eigenvalue weighted by Crippen LogP contribution is 2.38. The van der Waals surface area contributed by atoms with Crippen LogP contribution in [0.15, 0.2) is 48.4 Å². The average molecular weight is 402 g/mol. The summed E-state index contributed by atoms with van der Waals surface area (Å²) in [5.74, 6) is 1.79. The molecule has 2 unspecified atom stereocenters. The van der Waals surface area contributed by atoms with Gasteiger partial charge in [0.25, 0.3) is 0 Å². The van der Waals surface area contributed by atoms with Crippen molar-refractivity contribution in [2.45, 2.75) is 26.8 Å². The minimum atomic E-state index is -0.160. The van der Waals surface area contributed by atoms with Crippen molar-refractivity contribution in [2.75, 3.05) is 13.1 Å². The molecule has 2 aliphatic heterocycles. The van der Waals surface area contributed by atoms with E-state index in [4.69, 9.17) is 4.74 Å². The highest BCUT2D eigenvalue weighted by Gasteiger charge is 2.32. The lowest BCUT2D eigenvalue weighted by Crippen LogP contribution is -3.13. The van der Waals surface area contributed by atoms with Crippen molar-refractivity contribution in [3.05, 3.63) is 65.0 Å². The molecule has 2 aromatic carbocycles. The first-order valence-electron chi connectivity index (χ1n) is 10.7. The predicted octanol–water partition coefficient (Wildman–Crippen LogP) is 2.92. The Morgan fingerprint density at radius 3 is 2.73 bits per heavy atom. The second-order valence-electron chi connectivity index (χ2n) is 8.93. The third-order valence-corrected chi connectivity index (χ3v) is 6.31. The summed E-state index contributed by atoms with van der Waals surface area (Å²) in [4.78, 5) is 17.6. The van der Waals surface area contributed by atoms with Gasteiger partial charge in [0.05, 0.1) is 18.7 Å². The van der Waals surface area contributed by atoms with E-state index in [0.29, 0.717) is 35.3 Å². The van der Waals surface area contributed by atoms with E-state index < -0.39 is 0 Å². The van der Waals surface area contributed by atoms with Crippen LogP contribution in [0.2, 0.25) is 0 Å². The van der Waals surface area contributed by atoms with Crippen LogP contribution in [-0.4, -0.2) is 23.9 Å². The molecule has 0 saturated carbocycles. The summed E-state index contributed by atoms with van der Waals surface area (Å²) in [6.45, 7) is 7.22. The number of hydrogen-bond acceptors (Lipinski definition) is 3. The molecular formula is C25H26N2O3. The minimum absolute atomic E-state index is 0.0479. The summed E-state index contributed by atoms with van der Waals surface area (Å²) in [7, 11) is 0. The van der Waals surface area contributed by atoms with E-state index in [1.54, 1.807) is 12.1 Å². The van der Waals surface area contributed by atoms with Gasteiger partial charge in [0.15, 0.2) is 5.76 Å². The zero-order valence-electron chi connectivity index (χ0n) is 17.3.